The van der Waals surface area contributed by atoms with Gasteiger partial charge in [0.2, 0.25) is 5.91 Å². The second-order valence-corrected chi connectivity index (χ2v) is 6.67. The maximum atomic E-state index is 11.7. The molecule has 1 aliphatic rings. The molecule has 1 aromatic carbocycles. The number of fused-ring (bicyclic) bond motifs is 1. The average molecular weight is 350 g/mol. The van der Waals surface area contributed by atoms with Crippen LogP contribution in [-0.2, 0) is 31.9 Å². The van der Waals surface area contributed by atoms with Crippen molar-refractivity contribution in [2.24, 2.45) is 14.1 Å². The van der Waals surface area contributed by atoms with Crippen molar-refractivity contribution in [3.63, 3.8) is 0 Å². The van der Waals surface area contributed by atoms with Crippen LogP contribution in [0.2, 0.25) is 0 Å². The number of nitrogens with one attached hydrogen (secondary N) is 1. The summed E-state index contributed by atoms with van der Waals surface area (Å²) in [6, 6.07) is 10.1. The Balaban J connectivity index is 1.57. The Labute approximate surface area is 152 Å². The van der Waals surface area contributed by atoms with Gasteiger partial charge in [-0.15, -0.1) is 0 Å². The fourth-order valence-electron chi connectivity index (χ4n) is 3.39. The lowest BCUT2D eigenvalue weighted by Crippen LogP contribution is -2.34. The molecule has 0 spiro atoms. The highest BCUT2D eigenvalue weighted by molar-refractivity contribution is 5.74. The van der Waals surface area contributed by atoms with E-state index in [0.29, 0.717) is 6.54 Å². The van der Waals surface area contributed by atoms with Crippen LogP contribution in [0.4, 0.5) is 11.5 Å². The summed E-state index contributed by atoms with van der Waals surface area (Å²) in [4.78, 5) is 13.6. The van der Waals surface area contributed by atoms with Gasteiger partial charge in [-0.1, -0.05) is 12.1 Å². The first kappa shape index (κ1) is 16.4. The molecular formula is C19H22N6O. The van der Waals surface area contributed by atoms with E-state index in [1.54, 1.807) is 11.6 Å². The summed E-state index contributed by atoms with van der Waals surface area (Å²) in [5.74, 6) is 0.921. The highest BCUT2D eigenvalue weighted by atomic mass is 16.2. The molecule has 3 aromatic rings. The number of hydrogen-bond donors (Lipinski definition) is 1. The quantitative estimate of drug-likeness (QED) is 0.788. The molecule has 0 saturated heterocycles. The molecule has 0 saturated carbocycles. The lowest BCUT2D eigenvalue weighted by molar-refractivity contribution is -0.129. The molecule has 0 aliphatic carbocycles. The summed E-state index contributed by atoms with van der Waals surface area (Å²) in [6.45, 7) is 2.97. The minimum absolute atomic E-state index is 0.102. The van der Waals surface area contributed by atoms with Gasteiger partial charge in [-0.25, -0.2) is 0 Å². The zero-order valence-electron chi connectivity index (χ0n) is 15.2. The van der Waals surface area contributed by atoms with Gasteiger partial charge in [0.05, 0.1) is 12.2 Å². The zero-order chi connectivity index (χ0) is 18.3. The van der Waals surface area contributed by atoms with E-state index in [0.717, 1.165) is 41.3 Å². The Hall–Kier alpha value is -3.09. The van der Waals surface area contributed by atoms with Gasteiger partial charge >= 0.3 is 0 Å². The predicted molar refractivity (Wildman–Crippen MR) is 99.9 cm³/mol. The molecule has 26 heavy (non-hydrogen) atoms. The summed E-state index contributed by atoms with van der Waals surface area (Å²) < 4.78 is 3.71. The van der Waals surface area contributed by atoms with E-state index in [1.807, 2.05) is 60.2 Å². The summed E-state index contributed by atoms with van der Waals surface area (Å²) in [5.41, 5.74) is 5.27. The van der Waals surface area contributed by atoms with Gasteiger partial charge in [0.25, 0.3) is 0 Å². The van der Waals surface area contributed by atoms with Crippen LogP contribution in [0.15, 0.2) is 36.5 Å². The summed E-state index contributed by atoms with van der Waals surface area (Å²) in [5, 5.41) is 12.4. The van der Waals surface area contributed by atoms with Gasteiger partial charge in [0.15, 0.2) is 5.82 Å². The molecule has 7 nitrogen and oxygen atoms in total. The van der Waals surface area contributed by atoms with Gasteiger partial charge in [-0.2, -0.15) is 10.2 Å². The van der Waals surface area contributed by atoms with Crippen molar-refractivity contribution < 1.29 is 4.79 Å². The SMILES string of the molecule is CC(=O)N1CCc2c(c(Nc3ccc(-c4ccn(C)n4)cc3)nn2C)C1. The third-order valence-corrected chi connectivity index (χ3v) is 4.84. The van der Waals surface area contributed by atoms with Crippen LogP contribution in [0.5, 0.6) is 0 Å². The molecule has 0 bridgehead atoms. The van der Waals surface area contributed by atoms with Gasteiger partial charge < -0.3 is 10.2 Å². The highest BCUT2D eigenvalue weighted by Crippen LogP contribution is 2.29. The van der Waals surface area contributed by atoms with Crippen LogP contribution in [-0.4, -0.2) is 36.9 Å². The number of aromatic nitrogens is 4. The molecule has 1 N–H and O–H groups in total. The number of rotatable bonds is 3. The van der Waals surface area contributed by atoms with E-state index in [4.69, 9.17) is 0 Å². The Morgan fingerprint density at radius 1 is 1.12 bits per heavy atom. The first-order valence-electron chi connectivity index (χ1n) is 8.68. The van der Waals surface area contributed by atoms with Gasteiger partial charge in [-0.05, 0) is 18.2 Å². The highest BCUT2D eigenvalue weighted by Gasteiger charge is 2.25. The van der Waals surface area contributed by atoms with Gasteiger partial charge in [-0.3, -0.25) is 14.2 Å². The number of carbonyl (C=O) groups is 1. The van der Waals surface area contributed by atoms with Crippen LogP contribution >= 0.6 is 0 Å². The largest absolute Gasteiger partial charge is 0.338 e. The number of nitrogens with zero attached hydrogens (tertiary/aromatic N) is 5. The molecule has 2 aromatic heterocycles. The van der Waals surface area contributed by atoms with Crippen molar-refractivity contribution in [1.29, 1.82) is 0 Å². The van der Waals surface area contributed by atoms with E-state index in [9.17, 15) is 4.79 Å². The third kappa shape index (κ3) is 2.96. The van der Waals surface area contributed by atoms with Gasteiger partial charge in [0.1, 0.15) is 0 Å². The number of benzene rings is 1. The molecule has 0 atom stereocenters. The second-order valence-electron chi connectivity index (χ2n) is 6.67. The topological polar surface area (TPSA) is 68.0 Å². The molecule has 1 aliphatic heterocycles. The smallest absolute Gasteiger partial charge is 0.219 e. The fraction of sp³-hybridized carbons (Fsp3) is 0.316. The Bertz CT molecular complexity index is 953. The summed E-state index contributed by atoms with van der Waals surface area (Å²) >= 11 is 0. The number of anilines is 2. The molecular weight excluding hydrogens is 328 g/mol. The Morgan fingerprint density at radius 2 is 1.88 bits per heavy atom. The maximum absolute atomic E-state index is 11.7. The van der Waals surface area contributed by atoms with E-state index in [2.05, 4.69) is 15.5 Å². The minimum atomic E-state index is 0.102. The Morgan fingerprint density at radius 3 is 2.54 bits per heavy atom. The van der Waals surface area contributed by atoms with E-state index in [-0.39, 0.29) is 5.91 Å². The number of amides is 1. The lowest BCUT2D eigenvalue weighted by Gasteiger charge is -2.26. The lowest BCUT2D eigenvalue weighted by atomic mass is 10.1. The van der Waals surface area contributed by atoms with Crippen molar-refractivity contribution >= 4 is 17.4 Å². The molecule has 134 valence electrons. The third-order valence-electron chi connectivity index (χ3n) is 4.84. The van der Waals surface area contributed by atoms with Crippen molar-refractivity contribution in [2.75, 3.05) is 11.9 Å². The van der Waals surface area contributed by atoms with Crippen molar-refractivity contribution in [2.45, 2.75) is 19.9 Å². The molecule has 1 amide bonds. The standard InChI is InChI=1S/C19H22N6O/c1-13(26)25-11-9-18-16(12-25)19(22-24(18)3)20-15-6-4-14(5-7-15)17-8-10-23(2)21-17/h4-8,10H,9,11-12H2,1-3H3,(H,20,22). The fourth-order valence-corrected chi connectivity index (χ4v) is 3.39. The van der Waals surface area contributed by atoms with Gasteiger partial charge in [0, 0.05) is 62.7 Å². The van der Waals surface area contributed by atoms with Crippen LogP contribution in [0, 0.1) is 0 Å². The van der Waals surface area contributed by atoms with Crippen molar-refractivity contribution in [1.82, 2.24) is 24.5 Å². The first-order valence-corrected chi connectivity index (χ1v) is 8.68. The van der Waals surface area contributed by atoms with Crippen molar-refractivity contribution in [3.8, 4) is 11.3 Å². The van der Waals surface area contributed by atoms with Crippen LogP contribution in [0.3, 0.4) is 0 Å². The normalized spacial score (nSPS) is 13.6. The molecule has 0 unspecified atom stereocenters. The monoisotopic (exact) mass is 350 g/mol. The van der Waals surface area contributed by atoms with E-state index in [1.165, 1.54) is 5.69 Å². The minimum Gasteiger partial charge on any atom is -0.338 e. The summed E-state index contributed by atoms with van der Waals surface area (Å²) in [7, 11) is 3.87. The maximum Gasteiger partial charge on any atom is 0.219 e. The molecule has 0 fully saturated rings. The molecule has 0 radical (unpaired) electrons. The number of carbonyl (C=O) groups excluding carboxylic acids is 1. The average Bonchev–Trinajstić information content (AvgIpc) is 3.19. The van der Waals surface area contributed by atoms with Crippen LogP contribution < -0.4 is 5.32 Å². The van der Waals surface area contributed by atoms with E-state index < -0.39 is 0 Å². The Kier molecular flexibility index (Phi) is 3.99. The second kappa shape index (κ2) is 6.33. The van der Waals surface area contributed by atoms with Crippen molar-refractivity contribution in [3.05, 3.63) is 47.8 Å². The first-order chi connectivity index (χ1) is 12.5. The molecule has 3 heterocycles. The van der Waals surface area contributed by atoms with E-state index >= 15 is 0 Å². The van der Waals surface area contributed by atoms with Crippen LogP contribution in [0.25, 0.3) is 11.3 Å². The zero-order valence-corrected chi connectivity index (χ0v) is 15.2. The molecule has 4 rings (SSSR count). The predicted octanol–water partition coefficient (Wildman–Crippen LogP) is 2.47. The summed E-state index contributed by atoms with van der Waals surface area (Å²) in [6.07, 6.45) is 2.77. The van der Waals surface area contributed by atoms with Crippen LogP contribution in [0.1, 0.15) is 18.2 Å². The molecule has 7 heteroatoms. The number of hydrogen-bond acceptors (Lipinski definition) is 4. The number of aryl methyl sites for hydroxylation is 2.